The molecule has 0 radical (unpaired) electrons. The zero-order valence-corrected chi connectivity index (χ0v) is 12.3. The largest absolute Gasteiger partial charge is 0.377 e. The third kappa shape index (κ3) is 2.23. The van der Waals surface area contributed by atoms with Gasteiger partial charge in [0, 0.05) is 29.1 Å². The molecule has 0 aliphatic carbocycles. The van der Waals surface area contributed by atoms with Gasteiger partial charge in [-0.2, -0.15) is 0 Å². The number of para-hydroxylation sites is 1. The van der Waals surface area contributed by atoms with Crippen LogP contribution in [0.2, 0.25) is 0 Å². The highest BCUT2D eigenvalue weighted by Gasteiger charge is 2.10. The SMILES string of the molecule is CC(Nc1cc(=O)n(C)c2ccccc12)c1cccs1. The molecule has 0 aliphatic rings. The smallest absolute Gasteiger partial charge is 0.252 e. The van der Waals surface area contributed by atoms with Gasteiger partial charge in [-0.3, -0.25) is 4.79 Å². The lowest BCUT2D eigenvalue weighted by molar-refractivity contribution is 0.888. The fourth-order valence-corrected chi connectivity index (χ4v) is 3.11. The molecule has 1 unspecified atom stereocenters. The molecule has 1 aromatic carbocycles. The number of benzene rings is 1. The summed E-state index contributed by atoms with van der Waals surface area (Å²) in [5.74, 6) is 0. The molecule has 4 heteroatoms. The van der Waals surface area contributed by atoms with Gasteiger partial charge in [0.25, 0.3) is 5.56 Å². The zero-order valence-electron chi connectivity index (χ0n) is 11.5. The number of nitrogens with zero attached hydrogens (tertiary/aromatic N) is 1. The van der Waals surface area contributed by atoms with E-state index in [1.807, 2.05) is 30.3 Å². The lowest BCUT2D eigenvalue weighted by Crippen LogP contribution is -2.18. The number of rotatable bonds is 3. The molecule has 0 bridgehead atoms. The Morgan fingerprint density at radius 1 is 1.20 bits per heavy atom. The van der Waals surface area contributed by atoms with E-state index in [9.17, 15) is 4.79 Å². The van der Waals surface area contributed by atoms with Gasteiger partial charge in [0.2, 0.25) is 0 Å². The molecule has 102 valence electrons. The van der Waals surface area contributed by atoms with Crippen LogP contribution in [0.3, 0.4) is 0 Å². The molecular weight excluding hydrogens is 268 g/mol. The standard InChI is InChI=1S/C16H16N2OS/c1-11(15-8-5-9-20-15)17-13-10-16(19)18(2)14-7-4-3-6-12(13)14/h3-11,17H,1-2H3. The Morgan fingerprint density at radius 2 is 2.00 bits per heavy atom. The number of aromatic nitrogens is 1. The second-order valence-corrected chi connectivity index (χ2v) is 5.83. The summed E-state index contributed by atoms with van der Waals surface area (Å²) in [7, 11) is 1.80. The zero-order chi connectivity index (χ0) is 14.1. The van der Waals surface area contributed by atoms with Gasteiger partial charge in [0.05, 0.1) is 11.6 Å². The molecular formula is C16H16N2OS. The summed E-state index contributed by atoms with van der Waals surface area (Å²) < 4.78 is 1.68. The number of thiophene rings is 1. The fraction of sp³-hybridized carbons (Fsp3) is 0.188. The highest BCUT2D eigenvalue weighted by atomic mass is 32.1. The molecule has 0 spiro atoms. The normalized spacial score (nSPS) is 12.5. The maximum absolute atomic E-state index is 12.0. The summed E-state index contributed by atoms with van der Waals surface area (Å²) in [6, 6.07) is 14.0. The molecule has 0 aliphatic heterocycles. The predicted molar refractivity (Wildman–Crippen MR) is 85.5 cm³/mol. The molecule has 1 atom stereocenters. The first-order valence-corrected chi connectivity index (χ1v) is 7.43. The van der Waals surface area contributed by atoms with E-state index in [2.05, 4.69) is 23.7 Å². The Bertz CT molecular complexity index is 790. The molecule has 1 N–H and O–H groups in total. The number of pyridine rings is 1. The van der Waals surface area contributed by atoms with Gasteiger partial charge in [0.15, 0.2) is 0 Å². The van der Waals surface area contributed by atoms with E-state index in [1.54, 1.807) is 29.0 Å². The van der Waals surface area contributed by atoms with Crippen molar-refractivity contribution in [2.24, 2.45) is 7.05 Å². The van der Waals surface area contributed by atoms with E-state index in [0.717, 1.165) is 16.6 Å². The van der Waals surface area contributed by atoms with Crippen molar-refractivity contribution in [2.45, 2.75) is 13.0 Å². The average molecular weight is 284 g/mol. The number of hydrogen-bond donors (Lipinski definition) is 1. The van der Waals surface area contributed by atoms with Crippen LogP contribution in [0.25, 0.3) is 10.9 Å². The van der Waals surface area contributed by atoms with Crippen LogP contribution in [0.15, 0.2) is 52.6 Å². The summed E-state index contributed by atoms with van der Waals surface area (Å²) in [6.45, 7) is 2.11. The Hall–Kier alpha value is -2.07. The van der Waals surface area contributed by atoms with Crippen LogP contribution in [0, 0.1) is 0 Å². The number of aryl methyl sites for hydroxylation is 1. The van der Waals surface area contributed by atoms with Crippen LogP contribution in [0.5, 0.6) is 0 Å². The minimum absolute atomic E-state index is 0.00424. The lowest BCUT2D eigenvalue weighted by atomic mass is 10.1. The quantitative estimate of drug-likeness (QED) is 0.794. The predicted octanol–water partition coefficient (Wildman–Crippen LogP) is 3.77. The van der Waals surface area contributed by atoms with E-state index in [0.29, 0.717) is 0 Å². The van der Waals surface area contributed by atoms with Crippen molar-refractivity contribution in [3.63, 3.8) is 0 Å². The maximum atomic E-state index is 12.0. The van der Waals surface area contributed by atoms with E-state index in [1.165, 1.54) is 4.88 Å². The lowest BCUT2D eigenvalue weighted by Gasteiger charge is -2.16. The van der Waals surface area contributed by atoms with Crippen LogP contribution < -0.4 is 10.9 Å². The van der Waals surface area contributed by atoms with E-state index < -0.39 is 0 Å². The number of anilines is 1. The Balaban J connectivity index is 2.08. The fourth-order valence-electron chi connectivity index (χ4n) is 2.37. The van der Waals surface area contributed by atoms with E-state index in [-0.39, 0.29) is 11.6 Å². The van der Waals surface area contributed by atoms with E-state index in [4.69, 9.17) is 0 Å². The van der Waals surface area contributed by atoms with Gasteiger partial charge in [-0.25, -0.2) is 0 Å². The first-order chi connectivity index (χ1) is 9.66. The van der Waals surface area contributed by atoms with Crippen molar-refractivity contribution in [1.29, 1.82) is 0 Å². The minimum Gasteiger partial charge on any atom is -0.377 e. The van der Waals surface area contributed by atoms with Crippen LogP contribution in [-0.4, -0.2) is 4.57 Å². The van der Waals surface area contributed by atoms with Gasteiger partial charge in [-0.15, -0.1) is 11.3 Å². The summed E-state index contributed by atoms with van der Waals surface area (Å²) in [5, 5.41) is 6.59. The third-order valence-corrected chi connectivity index (χ3v) is 4.55. The van der Waals surface area contributed by atoms with Crippen LogP contribution in [0.1, 0.15) is 17.8 Å². The van der Waals surface area contributed by atoms with Gasteiger partial charge < -0.3 is 9.88 Å². The summed E-state index contributed by atoms with van der Waals surface area (Å²) in [6.07, 6.45) is 0. The third-order valence-electron chi connectivity index (χ3n) is 3.50. The Kier molecular flexibility index (Phi) is 3.32. The molecule has 20 heavy (non-hydrogen) atoms. The van der Waals surface area contributed by atoms with E-state index >= 15 is 0 Å². The summed E-state index contributed by atoms with van der Waals surface area (Å²) in [5.41, 5.74) is 1.84. The van der Waals surface area contributed by atoms with Crippen LogP contribution in [-0.2, 0) is 7.05 Å². The van der Waals surface area contributed by atoms with Gasteiger partial charge in [0.1, 0.15) is 0 Å². The van der Waals surface area contributed by atoms with Gasteiger partial charge in [-0.1, -0.05) is 24.3 Å². The first kappa shape index (κ1) is 12.9. The van der Waals surface area contributed by atoms with Crippen molar-refractivity contribution >= 4 is 27.9 Å². The van der Waals surface area contributed by atoms with Crippen molar-refractivity contribution in [2.75, 3.05) is 5.32 Å². The highest BCUT2D eigenvalue weighted by molar-refractivity contribution is 7.10. The second-order valence-electron chi connectivity index (χ2n) is 4.85. The molecule has 3 nitrogen and oxygen atoms in total. The minimum atomic E-state index is 0.00424. The maximum Gasteiger partial charge on any atom is 0.252 e. The van der Waals surface area contributed by atoms with Crippen molar-refractivity contribution in [3.8, 4) is 0 Å². The molecule has 3 rings (SSSR count). The van der Waals surface area contributed by atoms with Crippen molar-refractivity contribution in [3.05, 3.63) is 63.1 Å². The van der Waals surface area contributed by atoms with Gasteiger partial charge >= 0.3 is 0 Å². The summed E-state index contributed by atoms with van der Waals surface area (Å²) >= 11 is 1.72. The van der Waals surface area contributed by atoms with Crippen LogP contribution in [0.4, 0.5) is 5.69 Å². The van der Waals surface area contributed by atoms with Crippen LogP contribution >= 0.6 is 11.3 Å². The molecule has 0 fully saturated rings. The monoisotopic (exact) mass is 284 g/mol. The Morgan fingerprint density at radius 3 is 2.75 bits per heavy atom. The number of hydrogen-bond acceptors (Lipinski definition) is 3. The molecule has 2 heterocycles. The van der Waals surface area contributed by atoms with Gasteiger partial charge in [-0.05, 0) is 24.4 Å². The average Bonchev–Trinajstić information content (AvgIpc) is 2.99. The molecule has 0 saturated heterocycles. The molecule has 3 aromatic rings. The summed E-state index contributed by atoms with van der Waals surface area (Å²) in [4.78, 5) is 13.3. The first-order valence-electron chi connectivity index (χ1n) is 6.55. The van der Waals surface area contributed by atoms with Crippen molar-refractivity contribution in [1.82, 2.24) is 4.57 Å². The molecule has 0 saturated carbocycles. The number of fused-ring (bicyclic) bond motifs is 1. The molecule has 0 amide bonds. The van der Waals surface area contributed by atoms with Crippen molar-refractivity contribution < 1.29 is 0 Å². The number of nitrogens with one attached hydrogen (secondary N) is 1. The highest BCUT2D eigenvalue weighted by Crippen LogP contribution is 2.27. The topological polar surface area (TPSA) is 34.0 Å². The molecule has 2 aromatic heterocycles. The second kappa shape index (κ2) is 5.13. The Labute approximate surface area is 121 Å².